The highest BCUT2D eigenvalue weighted by Crippen LogP contribution is 2.26. The second-order valence-electron chi connectivity index (χ2n) is 8.06. The number of benzene rings is 2. The maximum absolute atomic E-state index is 12.9. The van der Waals surface area contributed by atoms with Gasteiger partial charge in [-0.05, 0) is 55.5 Å². The Labute approximate surface area is 177 Å². The molecule has 0 bridgehead atoms. The molecule has 0 radical (unpaired) electrons. The quantitative estimate of drug-likeness (QED) is 0.742. The highest BCUT2D eigenvalue weighted by Gasteiger charge is 2.29. The Balaban J connectivity index is 1.34. The average molecular weight is 411 g/mol. The lowest BCUT2D eigenvalue weighted by Gasteiger charge is -2.36. The smallest absolute Gasteiger partial charge is 0.322 e. The van der Waals surface area contributed by atoms with Gasteiger partial charge >= 0.3 is 6.03 Å². The maximum Gasteiger partial charge on any atom is 0.322 e. The summed E-state index contributed by atoms with van der Waals surface area (Å²) in [6.45, 7) is 1.42. The zero-order valence-electron chi connectivity index (χ0n) is 17.2. The molecule has 0 spiro atoms. The molecule has 1 saturated carbocycles. The molecule has 30 heavy (non-hydrogen) atoms. The van der Waals surface area contributed by atoms with Crippen LogP contribution in [-0.4, -0.2) is 47.9 Å². The summed E-state index contributed by atoms with van der Waals surface area (Å²) >= 11 is 0. The van der Waals surface area contributed by atoms with E-state index in [2.05, 4.69) is 5.32 Å². The van der Waals surface area contributed by atoms with Crippen LogP contribution in [0.2, 0.25) is 0 Å². The van der Waals surface area contributed by atoms with Crippen molar-refractivity contribution < 1.29 is 19.4 Å². The largest absolute Gasteiger partial charge is 0.490 e. The van der Waals surface area contributed by atoms with Crippen LogP contribution in [0.15, 0.2) is 54.6 Å². The first-order chi connectivity index (χ1) is 14.7. The number of morpholine rings is 1. The van der Waals surface area contributed by atoms with Crippen molar-refractivity contribution in [3.05, 3.63) is 60.2 Å². The standard InChI is InChI=1S/C24H30N2O4/c27-23(18-6-2-1-3-7-18)16-20-17-29-15-14-26(20)24(28)25-19-10-12-22(13-11-19)30-21-8-4-5-9-21/h1-3,6-7,10-13,20-21,23,27H,4-5,8-9,14-17H2,(H,25,28). The molecule has 1 aliphatic heterocycles. The number of nitrogens with zero attached hydrogens (tertiary/aromatic N) is 1. The predicted molar refractivity (Wildman–Crippen MR) is 116 cm³/mol. The summed E-state index contributed by atoms with van der Waals surface area (Å²) in [6, 6.07) is 16.7. The van der Waals surface area contributed by atoms with Gasteiger partial charge in [0.25, 0.3) is 0 Å². The third kappa shape index (κ3) is 5.32. The molecule has 1 saturated heterocycles. The molecular weight excluding hydrogens is 380 g/mol. The summed E-state index contributed by atoms with van der Waals surface area (Å²) < 4.78 is 11.6. The second-order valence-corrected chi connectivity index (χ2v) is 8.06. The summed E-state index contributed by atoms with van der Waals surface area (Å²) in [7, 11) is 0. The van der Waals surface area contributed by atoms with Gasteiger partial charge in [0.1, 0.15) is 5.75 Å². The monoisotopic (exact) mass is 410 g/mol. The molecule has 160 valence electrons. The Bertz CT molecular complexity index is 806. The number of hydrogen-bond donors (Lipinski definition) is 2. The summed E-state index contributed by atoms with van der Waals surface area (Å²) in [6.07, 6.45) is 4.82. The highest BCUT2D eigenvalue weighted by molar-refractivity contribution is 5.89. The van der Waals surface area contributed by atoms with Gasteiger partial charge in [0.05, 0.1) is 31.5 Å². The average Bonchev–Trinajstić information content (AvgIpc) is 3.29. The van der Waals surface area contributed by atoms with Gasteiger partial charge in [-0.15, -0.1) is 0 Å². The Morgan fingerprint density at radius 2 is 1.87 bits per heavy atom. The van der Waals surface area contributed by atoms with E-state index < -0.39 is 6.10 Å². The number of urea groups is 1. The summed E-state index contributed by atoms with van der Waals surface area (Å²) in [5.74, 6) is 0.843. The maximum atomic E-state index is 12.9. The van der Waals surface area contributed by atoms with E-state index in [9.17, 15) is 9.90 Å². The molecule has 6 heteroatoms. The number of rotatable bonds is 6. The van der Waals surface area contributed by atoms with Crippen LogP contribution in [0, 0.1) is 0 Å². The fourth-order valence-corrected chi connectivity index (χ4v) is 4.20. The van der Waals surface area contributed by atoms with Crippen LogP contribution >= 0.6 is 0 Å². The van der Waals surface area contributed by atoms with E-state index in [0.29, 0.717) is 32.3 Å². The van der Waals surface area contributed by atoms with Crippen molar-refractivity contribution in [2.75, 3.05) is 25.1 Å². The van der Waals surface area contributed by atoms with E-state index >= 15 is 0 Å². The minimum absolute atomic E-state index is 0.173. The van der Waals surface area contributed by atoms with Crippen LogP contribution in [0.5, 0.6) is 5.75 Å². The number of ether oxygens (including phenoxy) is 2. The molecule has 2 aromatic carbocycles. The molecule has 2 amide bonds. The van der Waals surface area contributed by atoms with Gasteiger partial charge in [0, 0.05) is 18.7 Å². The Morgan fingerprint density at radius 1 is 1.13 bits per heavy atom. The van der Waals surface area contributed by atoms with E-state index in [1.165, 1.54) is 12.8 Å². The number of aliphatic hydroxyl groups excluding tert-OH is 1. The van der Waals surface area contributed by atoms with Gasteiger partial charge in [0.2, 0.25) is 0 Å². The molecule has 2 atom stereocenters. The number of anilines is 1. The van der Waals surface area contributed by atoms with Crippen molar-refractivity contribution in [1.82, 2.24) is 4.90 Å². The number of carbonyl (C=O) groups is 1. The Morgan fingerprint density at radius 3 is 2.60 bits per heavy atom. The zero-order chi connectivity index (χ0) is 20.8. The van der Waals surface area contributed by atoms with E-state index in [1.54, 1.807) is 4.90 Å². The SMILES string of the molecule is O=C(Nc1ccc(OC2CCCC2)cc1)N1CCOCC1CC(O)c1ccccc1. The second kappa shape index (κ2) is 9.96. The molecule has 0 aromatic heterocycles. The number of amides is 2. The molecular formula is C24H30N2O4. The number of aliphatic hydroxyl groups is 1. The van der Waals surface area contributed by atoms with Crippen molar-refractivity contribution in [2.45, 2.75) is 50.4 Å². The summed E-state index contributed by atoms with van der Waals surface area (Å²) in [5.41, 5.74) is 1.58. The molecule has 2 unspecified atom stereocenters. The molecule has 1 heterocycles. The number of hydrogen-bond acceptors (Lipinski definition) is 4. The van der Waals surface area contributed by atoms with Crippen molar-refractivity contribution in [3.8, 4) is 5.75 Å². The third-order valence-corrected chi connectivity index (χ3v) is 5.88. The van der Waals surface area contributed by atoms with Gasteiger partial charge in [-0.25, -0.2) is 4.79 Å². The Hall–Kier alpha value is -2.57. The lowest BCUT2D eigenvalue weighted by Crippen LogP contribution is -2.50. The van der Waals surface area contributed by atoms with Crippen LogP contribution in [0.25, 0.3) is 0 Å². The zero-order valence-corrected chi connectivity index (χ0v) is 17.2. The third-order valence-electron chi connectivity index (χ3n) is 5.88. The number of carbonyl (C=O) groups excluding carboxylic acids is 1. The van der Waals surface area contributed by atoms with Crippen LogP contribution in [0.4, 0.5) is 10.5 Å². The van der Waals surface area contributed by atoms with E-state index in [1.807, 2.05) is 54.6 Å². The normalized spacial score (nSPS) is 20.7. The fourth-order valence-electron chi connectivity index (χ4n) is 4.20. The van der Waals surface area contributed by atoms with Gasteiger partial charge < -0.3 is 24.8 Å². The minimum Gasteiger partial charge on any atom is -0.490 e. The van der Waals surface area contributed by atoms with E-state index in [0.717, 1.165) is 29.8 Å². The summed E-state index contributed by atoms with van der Waals surface area (Å²) in [4.78, 5) is 14.7. The minimum atomic E-state index is -0.639. The van der Waals surface area contributed by atoms with Crippen LogP contribution in [0.3, 0.4) is 0 Å². The lowest BCUT2D eigenvalue weighted by molar-refractivity contribution is -0.00428. The van der Waals surface area contributed by atoms with Gasteiger partial charge in [-0.1, -0.05) is 30.3 Å². The van der Waals surface area contributed by atoms with Gasteiger partial charge in [-0.3, -0.25) is 0 Å². The first-order valence-corrected chi connectivity index (χ1v) is 10.8. The van der Waals surface area contributed by atoms with Crippen molar-refractivity contribution in [2.24, 2.45) is 0 Å². The van der Waals surface area contributed by atoms with E-state index in [-0.39, 0.29) is 12.1 Å². The summed E-state index contributed by atoms with van der Waals surface area (Å²) in [5, 5.41) is 13.6. The molecule has 2 aliphatic rings. The van der Waals surface area contributed by atoms with E-state index in [4.69, 9.17) is 9.47 Å². The fraction of sp³-hybridized carbons (Fsp3) is 0.458. The molecule has 2 N–H and O–H groups in total. The number of nitrogens with one attached hydrogen (secondary N) is 1. The highest BCUT2D eigenvalue weighted by atomic mass is 16.5. The first-order valence-electron chi connectivity index (χ1n) is 10.8. The molecule has 2 fully saturated rings. The molecule has 2 aromatic rings. The lowest BCUT2D eigenvalue weighted by atomic mass is 10.0. The van der Waals surface area contributed by atoms with Crippen molar-refractivity contribution in [1.29, 1.82) is 0 Å². The van der Waals surface area contributed by atoms with Gasteiger partial charge in [0.15, 0.2) is 0 Å². The first kappa shape index (κ1) is 20.7. The predicted octanol–water partition coefficient (Wildman–Crippen LogP) is 4.36. The Kier molecular flexibility index (Phi) is 6.87. The van der Waals surface area contributed by atoms with Crippen LogP contribution < -0.4 is 10.1 Å². The molecule has 1 aliphatic carbocycles. The molecule has 6 nitrogen and oxygen atoms in total. The topological polar surface area (TPSA) is 71.0 Å². The van der Waals surface area contributed by atoms with Crippen molar-refractivity contribution >= 4 is 11.7 Å². The molecule has 4 rings (SSSR count). The van der Waals surface area contributed by atoms with Crippen LogP contribution in [0.1, 0.15) is 43.8 Å². The van der Waals surface area contributed by atoms with Gasteiger partial charge in [-0.2, -0.15) is 0 Å². The van der Waals surface area contributed by atoms with Crippen LogP contribution in [-0.2, 0) is 4.74 Å². The van der Waals surface area contributed by atoms with Crippen molar-refractivity contribution in [3.63, 3.8) is 0 Å².